The molecule has 1 amide bonds. The van der Waals surface area contributed by atoms with Gasteiger partial charge in [-0.25, -0.2) is 14.4 Å². The van der Waals surface area contributed by atoms with Crippen molar-refractivity contribution in [2.75, 3.05) is 25.5 Å². The highest BCUT2D eigenvalue weighted by Gasteiger charge is 2.26. The van der Waals surface area contributed by atoms with E-state index < -0.39 is 6.17 Å². The van der Waals surface area contributed by atoms with E-state index in [1.807, 2.05) is 43.5 Å². The molecule has 2 aliphatic rings. The van der Waals surface area contributed by atoms with Gasteiger partial charge in [-0.05, 0) is 56.4 Å². The molecule has 38 heavy (non-hydrogen) atoms. The number of fused-ring (bicyclic) bond motifs is 3. The molecule has 5 rings (SSSR count). The first kappa shape index (κ1) is 25.8. The Bertz CT molecular complexity index is 1430. The minimum Gasteiger partial charge on any atom is -0.352 e. The molecule has 0 saturated carbocycles. The number of benzene rings is 2. The monoisotopic (exact) mass is 530 g/mol. The molecular formula is C29H28ClFN6O. The Balaban J connectivity index is 1.39. The minimum atomic E-state index is -1.13. The summed E-state index contributed by atoms with van der Waals surface area (Å²) < 4.78 is 14.9. The number of nitrogens with zero attached hydrogens (tertiary/aromatic N) is 3. The SMILES string of the molecule is CNCCCNC(=O)c1ccc(Nc2ncc3c(n2)-c2ccc(Cl)cc2C(C2=CC=CCC2F)=NC3)cc1. The van der Waals surface area contributed by atoms with Crippen LogP contribution in [-0.4, -0.2) is 47.9 Å². The standard InChI is InChI=1S/C29H28ClFN6O/c1-32-13-4-14-33-28(38)18-7-10-21(11-8-18)36-29-35-17-19-16-34-27(23-5-2-3-6-25(23)31)24-15-20(30)9-12-22(24)26(19)37-29/h2-3,5,7-12,15,17,25,32H,4,6,13-14,16H2,1H3,(H,33,38)(H,35,36,37). The molecule has 1 aromatic heterocycles. The van der Waals surface area contributed by atoms with Gasteiger partial charge in [-0.3, -0.25) is 9.79 Å². The summed E-state index contributed by atoms with van der Waals surface area (Å²) in [6.07, 6.45) is 7.24. The number of nitrogens with one attached hydrogen (secondary N) is 3. The van der Waals surface area contributed by atoms with Crippen LogP contribution in [-0.2, 0) is 6.54 Å². The van der Waals surface area contributed by atoms with E-state index in [-0.39, 0.29) is 5.91 Å². The molecule has 3 aromatic rings. The number of hydrogen-bond acceptors (Lipinski definition) is 6. The molecule has 2 aromatic carbocycles. The zero-order valence-corrected chi connectivity index (χ0v) is 21.7. The molecule has 1 atom stereocenters. The number of aliphatic imine (C=N–C) groups is 1. The Morgan fingerprint density at radius 1 is 1.13 bits per heavy atom. The fourth-order valence-corrected chi connectivity index (χ4v) is 4.63. The Kier molecular flexibility index (Phi) is 7.91. The van der Waals surface area contributed by atoms with Gasteiger partial charge in [0.25, 0.3) is 5.91 Å². The topological polar surface area (TPSA) is 91.3 Å². The molecule has 194 valence electrons. The summed E-state index contributed by atoms with van der Waals surface area (Å²) in [5.74, 6) is 0.291. The number of carbonyl (C=O) groups is 1. The number of rotatable bonds is 8. The first-order chi connectivity index (χ1) is 18.5. The smallest absolute Gasteiger partial charge is 0.251 e. The molecule has 2 heterocycles. The lowest BCUT2D eigenvalue weighted by Gasteiger charge is -2.18. The zero-order valence-electron chi connectivity index (χ0n) is 21.0. The van der Waals surface area contributed by atoms with E-state index in [1.54, 1.807) is 30.5 Å². The van der Waals surface area contributed by atoms with Crippen molar-refractivity contribution in [1.29, 1.82) is 0 Å². The third-order valence-corrected chi connectivity index (χ3v) is 6.66. The molecule has 0 radical (unpaired) electrons. The third-order valence-electron chi connectivity index (χ3n) is 6.42. The maximum Gasteiger partial charge on any atom is 0.251 e. The third kappa shape index (κ3) is 5.66. The summed E-state index contributed by atoms with van der Waals surface area (Å²) in [5.41, 5.74) is 5.58. The Morgan fingerprint density at radius 3 is 2.76 bits per heavy atom. The normalized spacial score (nSPS) is 16.0. The van der Waals surface area contributed by atoms with Crippen molar-refractivity contribution < 1.29 is 9.18 Å². The number of carbonyl (C=O) groups excluding carboxylic acids is 1. The fourth-order valence-electron chi connectivity index (χ4n) is 4.46. The second-order valence-corrected chi connectivity index (χ2v) is 9.53. The molecule has 1 aliphatic heterocycles. The van der Waals surface area contributed by atoms with E-state index in [9.17, 15) is 9.18 Å². The van der Waals surface area contributed by atoms with E-state index in [2.05, 4.69) is 20.9 Å². The van der Waals surface area contributed by atoms with Crippen LogP contribution in [0.4, 0.5) is 16.0 Å². The number of hydrogen-bond donors (Lipinski definition) is 3. The molecule has 3 N–H and O–H groups in total. The molecule has 9 heteroatoms. The Hall–Kier alpha value is -3.88. The lowest BCUT2D eigenvalue weighted by atomic mass is 9.90. The maximum absolute atomic E-state index is 14.9. The van der Waals surface area contributed by atoms with E-state index in [1.165, 1.54) is 0 Å². The van der Waals surface area contributed by atoms with Gasteiger partial charge in [-0.2, -0.15) is 0 Å². The van der Waals surface area contributed by atoms with Crippen LogP contribution < -0.4 is 16.0 Å². The largest absolute Gasteiger partial charge is 0.352 e. The van der Waals surface area contributed by atoms with Crippen LogP contribution in [0.3, 0.4) is 0 Å². The van der Waals surface area contributed by atoms with E-state index in [0.717, 1.165) is 35.3 Å². The Labute approximate surface area is 226 Å². The summed E-state index contributed by atoms with van der Waals surface area (Å²) in [7, 11) is 1.88. The van der Waals surface area contributed by atoms with Crippen molar-refractivity contribution in [1.82, 2.24) is 20.6 Å². The van der Waals surface area contributed by atoms with E-state index in [4.69, 9.17) is 21.6 Å². The van der Waals surface area contributed by atoms with Gasteiger partial charge in [0.1, 0.15) is 6.17 Å². The molecule has 1 unspecified atom stereocenters. The van der Waals surface area contributed by atoms with Crippen molar-refractivity contribution >= 4 is 34.9 Å². The molecule has 7 nitrogen and oxygen atoms in total. The van der Waals surface area contributed by atoms with Gasteiger partial charge in [-0.1, -0.05) is 35.9 Å². The molecular weight excluding hydrogens is 503 g/mol. The first-order valence-electron chi connectivity index (χ1n) is 12.5. The predicted octanol–water partition coefficient (Wildman–Crippen LogP) is 5.41. The maximum atomic E-state index is 14.9. The van der Waals surface area contributed by atoms with Gasteiger partial charge in [-0.15, -0.1) is 0 Å². The number of amides is 1. The summed E-state index contributed by atoms with van der Waals surface area (Å²) in [4.78, 5) is 26.4. The van der Waals surface area contributed by atoms with Gasteiger partial charge in [0.15, 0.2) is 0 Å². The molecule has 0 bridgehead atoms. The number of alkyl halides is 1. The van der Waals surface area contributed by atoms with Crippen LogP contribution in [0.15, 0.2) is 77.5 Å². The molecule has 0 spiro atoms. The van der Waals surface area contributed by atoms with Crippen molar-refractivity contribution in [3.8, 4) is 11.3 Å². The molecule has 1 aliphatic carbocycles. The van der Waals surface area contributed by atoms with Crippen molar-refractivity contribution in [3.63, 3.8) is 0 Å². The lowest BCUT2D eigenvalue weighted by molar-refractivity contribution is 0.0953. The van der Waals surface area contributed by atoms with Crippen LogP contribution in [0.5, 0.6) is 0 Å². The molecule has 0 saturated heterocycles. The van der Waals surface area contributed by atoms with Crippen LogP contribution in [0.25, 0.3) is 11.3 Å². The van der Waals surface area contributed by atoms with Gasteiger partial charge < -0.3 is 16.0 Å². The number of anilines is 2. The zero-order chi connectivity index (χ0) is 26.5. The quantitative estimate of drug-likeness (QED) is 0.339. The highest BCUT2D eigenvalue weighted by Crippen LogP contribution is 2.35. The van der Waals surface area contributed by atoms with Crippen molar-refractivity contribution in [2.45, 2.75) is 25.6 Å². The van der Waals surface area contributed by atoms with E-state index in [0.29, 0.717) is 53.0 Å². The second kappa shape index (κ2) is 11.7. The first-order valence-corrected chi connectivity index (χ1v) is 12.9. The van der Waals surface area contributed by atoms with Gasteiger partial charge in [0.2, 0.25) is 5.95 Å². The van der Waals surface area contributed by atoms with Gasteiger partial charge in [0, 0.05) is 57.7 Å². The number of halogens is 2. The van der Waals surface area contributed by atoms with Crippen molar-refractivity contribution in [3.05, 3.63) is 94.2 Å². The molecule has 0 fully saturated rings. The number of allylic oxidation sites excluding steroid dienone is 4. The van der Waals surface area contributed by atoms with E-state index >= 15 is 0 Å². The minimum absolute atomic E-state index is 0.112. The average molecular weight is 531 g/mol. The highest BCUT2D eigenvalue weighted by molar-refractivity contribution is 6.31. The average Bonchev–Trinajstić information content (AvgIpc) is 3.08. The summed E-state index contributed by atoms with van der Waals surface area (Å²) >= 11 is 6.35. The van der Waals surface area contributed by atoms with Crippen molar-refractivity contribution in [2.24, 2.45) is 4.99 Å². The van der Waals surface area contributed by atoms with Gasteiger partial charge >= 0.3 is 0 Å². The number of aromatic nitrogens is 2. The van der Waals surface area contributed by atoms with Crippen LogP contribution in [0.1, 0.15) is 34.3 Å². The lowest BCUT2D eigenvalue weighted by Crippen LogP contribution is -2.26. The summed E-state index contributed by atoms with van der Waals surface area (Å²) in [6, 6.07) is 12.7. The highest BCUT2D eigenvalue weighted by atomic mass is 35.5. The second-order valence-electron chi connectivity index (χ2n) is 9.09. The predicted molar refractivity (Wildman–Crippen MR) is 150 cm³/mol. The Morgan fingerprint density at radius 2 is 1.97 bits per heavy atom. The van der Waals surface area contributed by atoms with Crippen LogP contribution >= 0.6 is 11.6 Å². The summed E-state index contributed by atoms with van der Waals surface area (Å²) in [6.45, 7) is 1.78. The van der Waals surface area contributed by atoms with Crippen LogP contribution in [0, 0.1) is 0 Å². The fraction of sp³-hybridized carbons (Fsp3) is 0.241. The van der Waals surface area contributed by atoms with Gasteiger partial charge in [0.05, 0.1) is 18.0 Å². The summed E-state index contributed by atoms with van der Waals surface area (Å²) in [5, 5.41) is 9.73. The van der Waals surface area contributed by atoms with Crippen LogP contribution in [0.2, 0.25) is 5.02 Å².